The molecule has 126 valence electrons. The molecule has 0 atom stereocenters. The third kappa shape index (κ3) is 4.90. The molecule has 0 aliphatic heterocycles. The van der Waals surface area contributed by atoms with Crippen molar-refractivity contribution in [3.8, 4) is 5.75 Å². The number of ether oxygens (including phenoxy) is 1. The topological polar surface area (TPSA) is 47.3 Å². The van der Waals surface area contributed by atoms with E-state index in [4.69, 9.17) is 9.84 Å². The molecule has 23 heavy (non-hydrogen) atoms. The van der Waals surface area contributed by atoms with Gasteiger partial charge >= 0.3 is 6.18 Å². The van der Waals surface area contributed by atoms with E-state index in [0.29, 0.717) is 18.8 Å². The average molecular weight is 346 g/mol. The second-order valence-electron chi connectivity index (χ2n) is 4.83. The predicted molar refractivity (Wildman–Crippen MR) is 81.4 cm³/mol. The van der Waals surface area contributed by atoms with Crippen molar-refractivity contribution in [3.05, 3.63) is 41.7 Å². The Hall–Kier alpha value is -1.67. The van der Waals surface area contributed by atoms with Crippen LogP contribution in [0.4, 0.5) is 13.2 Å². The number of aliphatic hydroxyl groups is 1. The molecule has 8 heteroatoms. The Balaban J connectivity index is 1.76. The van der Waals surface area contributed by atoms with Crippen molar-refractivity contribution >= 4 is 11.8 Å². The minimum atomic E-state index is -4.36. The maximum Gasteiger partial charge on any atom is 0.416 e. The first-order chi connectivity index (χ1) is 10.9. The van der Waals surface area contributed by atoms with Crippen molar-refractivity contribution in [1.82, 2.24) is 9.55 Å². The van der Waals surface area contributed by atoms with E-state index in [1.54, 1.807) is 10.8 Å². The normalized spacial score (nSPS) is 11.7. The van der Waals surface area contributed by atoms with E-state index in [9.17, 15) is 13.2 Å². The fourth-order valence-corrected chi connectivity index (χ4v) is 2.76. The summed E-state index contributed by atoms with van der Waals surface area (Å²) in [5.74, 6) is 0.929. The van der Waals surface area contributed by atoms with E-state index >= 15 is 0 Å². The maximum atomic E-state index is 12.6. The third-order valence-corrected chi connectivity index (χ3v) is 4.28. The van der Waals surface area contributed by atoms with E-state index in [1.807, 2.05) is 7.05 Å². The Morgan fingerprint density at radius 3 is 2.78 bits per heavy atom. The SMILES string of the molecule is Cn1c(CO)cnc1SCCCOc1cccc(C(F)(F)F)c1. The number of thioether (sulfide) groups is 1. The molecule has 0 spiro atoms. The van der Waals surface area contributed by atoms with Crippen LogP contribution in [-0.4, -0.2) is 27.0 Å². The molecule has 1 aromatic carbocycles. The van der Waals surface area contributed by atoms with Crippen LogP contribution in [0.25, 0.3) is 0 Å². The van der Waals surface area contributed by atoms with Crippen LogP contribution in [0.15, 0.2) is 35.6 Å². The monoisotopic (exact) mass is 346 g/mol. The molecule has 0 radical (unpaired) electrons. The molecule has 2 aromatic rings. The lowest BCUT2D eigenvalue weighted by atomic mass is 10.2. The Morgan fingerprint density at radius 1 is 1.35 bits per heavy atom. The van der Waals surface area contributed by atoms with Crippen LogP contribution in [0.1, 0.15) is 17.7 Å². The van der Waals surface area contributed by atoms with E-state index < -0.39 is 11.7 Å². The summed E-state index contributed by atoms with van der Waals surface area (Å²) in [6.07, 6.45) is -2.08. The van der Waals surface area contributed by atoms with Crippen LogP contribution in [0.3, 0.4) is 0 Å². The minimum Gasteiger partial charge on any atom is -0.494 e. The summed E-state index contributed by atoms with van der Waals surface area (Å²) in [6, 6.07) is 4.85. The maximum absolute atomic E-state index is 12.6. The fourth-order valence-electron chi connectivity index (χ4n) is 1.88. The van der Waals surface area contributed by atoms with Crippen molar-refractivity contribution in [2.24, 2.45) is 7.05 Å². The highest BCUT2D eigenvalue weighted by Crippen LogP contribution is 2.31. The molecule has 0 aliphatic carbocycles. The van der Waals surface area contributed by atoms with Gasteiger partial charge in [0.15, 0.2) is 5.16 Å². The first kappa shape index (κ1) is 17.7. The average Bonchev–Trinajstić information content (AvgIpc) is 2.87. The molecule has 4 nitrogen and oxygen atoms in total. The molecule has 2 rings (SSSR count). The molecule has 0 amide bonds. The predicted octanol–water partition coefficient (Wildman–Crippen LogP) is 3.49. The van der Waals surface area contributed by atoms with Crippen LogP contribution in [0.5, 0.6) is 5.75 Å². The summed E-state index contributed by atoms with van der Waals surface area (Å²) in [4.78, 5) is 4.18. The van der Waals surface area contributed by atoms with Crippen LogP contribution >= 0.6 is 11.8 Å². The number of halogens is 3. The lowest BCUT2D eigenvalue weighted by Gasteiger charge is -2.10. The van der Waals surface area contributed by atoms with Gasteiger partial charge in [-0.25, -0.2) is 4.98 Å². The van der Waals surface area contributed by atoms with Crippen molar-refractivity contribution < 1.29 is 23.0 Å². The Bertz CT molecular complexity index is 644. The number of aromatic nitrogens is 2. The summed E-state index contributed by atoms with van der Waals surface area (Å²) < 4.78 is 44.9. The van der Waals surface area contributed by atoms with Crippen molar-refractivity contribution in [2.45, 2.75) is 24.4 Å². The number of benzene rings is 1. The molecule has 1 heterocycles. The zero-order valence-electron chi connectivity index (χ0n) is 12.5. The number of alkyl halides is 3. The van der Waals surface area contributed by atoms with E-state index in [2.05, 4.69) is 4.98 Å². The second kappa shape index (κ2) is 7.74. The largest absolute Gasteiger partial charge is 0.494 e. The molecular formula is C15H17F3N2O2S. The van der Waals surface area contributed by atoms with Gasteiger partial charge in [-0.1, -0.05) is 17.8 Å². The Morgan fingerprint density at radius 2 is 2.13 bits per heavy atom. The highest BCUT2D eigenvalue weighted by atomic mass is 32.2. The number of imidazole rings is 1. The van der Waals surface area contributed by atoms with E-state index in [0.717, 1.165) is 23.0 Å². The van der Waals surface area contributed by atoms with Gasteiger partial charge in [0.25, 0.3) is 0 Å². The van der Waals surface area contributed by atoms with Gasteiger partial charge in [-0.3, -0.25) is 0 Å². The van der Waals surface area contributed by atoms with Gasteiger partial charge in [0.05, 0.1) is 30.7 Å². The van der Waals surface area contributed by atoms with Gasteiger partial charge in [0, 0.05) is 12.8 Å². The van der Waals surface area contributed by atoms with Gasteiger partial charge in [0.2, 0.25) is 0 Å². The first-order valence-corrected chi connectivity index (χ1v) is 7.94. The summed E-state index contributed by atoms with van der Waals surface area (Å²) in [5.41, 5.74) is 0.0154. The van der Waals surface area contributed by atoms with Crippen molar-refractivity contribution in [1.29, 1.82) is 0 Å². The molecule has 1 aromatic heterocycles. The standard InChI is InChI=1S/C15H17F3N2O2S/c1-20-12(10-21)9-19-14(20)23-7-3-6-22-13-5-2-4-11(8-13)15(16,17)18/h2,4-5,8-9,21H,3,6-7,10H2,1H3. The van der Waals surface area contributed by atoms with Crippen LogP contribution < -0.4 is 4.74 Å². The number of aliphatic hydroxyl groups excluding tert-OH is 1. The highest BCUT2D eigenvalue weighted by molar-refractivity contribution is 7.99. The number of hydrogen-bond donors (Lipinski definition) is 1. The van der Waals surface area contributed by atoms with Crippen LogP contribution in [-0.2, 0) is 19.8 Å². The summed E-state index contributed by atoms with van der Waals surface area (Å²) in [6.45, 7) is 0.258. The van der Waals surface area contributed by atoms with Gasteiger partial charge in [-0.15, -0.1) is 0 Å². The van der Waals surface area contributed by atoms with E-state index in [1.165, 1.54) is 23.9 Å². The van der Waals surface area contributed by atoms with Crippen LogP contribution in [0.2, 0.25) is 0 Å². The lowest BCUT2D eigenvalue weighted by Crippen LogP contribution is -2.06. The molecule has 0 fully saturated rings. The minimum absolute atomic E-state index is 0.0667. The molecular weight excluding hydrogens is 329 g/mol. The summed E-state index contributed by atoms with van der Waals surface area (Å²) in [7, 11) is 1.82. The van der Waals surface area contributed by atoms with Gasteiger partial charge in [0.1, 0.15) is 5.75 Å². The molecule has 0 unspecified atom stereocenters. The Kier molecular flexibility index (Phi) is 5.95. The summed E-state index contributed by atoms with van der Waals surface area (Å²) >= 11 is 1.51. The fraction of sp³-hybridized carbons (Fsp3) is 0.400. The molecule has 0 aliphatic rings. The number of rotatable bonds is 7. The molecule has 0 saturated carbocycles. The highest BCUT2D eigenvalue weighted by Gasteiger charge is 2.30. The quantitative estimate of drug-likeness (QED) is 0.616. The van der Waals surface area contributed by atoms with Gasteiger partial charge in [-0.05, 0) is 24.6 Å². The zero-order valence-corrected chi connectivity index (χ0v) is 13.3. The second-order valence-corrected chi connectivity index (χ2v) is 5.89. The molecule has 0 saturated heterocycles. The smallest absolute Gasteiger partial charge is 0.416 e. The molecule has 0 bridgehead atoms. The number of nitrogens with zero attached hydrogens (tertiary/aromatic N) is 2. The van der Waals surface area contributed by atoms with Gasteiger partial charge < -0.3 is 14.4 Å². The zero-order chi connectivity index (χ0) is 16.9. The first-order valence-electron chi connectivity index (χ1n) is 6.96. The van der Waals surface area contributed by atoms with Crippen molar-refractivity contribution in [3.63, 3.8) is 0 Å². The number of hydrogen-bond acceptors (Lipinski definition) is 4. The lowest BCUT2D eigenvalue weighted by molar-refractivity contribution is -0.137. The third-order valence-electron chi connectivity index (χ3n) is 3.15. The van der Waals surface area contributed by atoms with Crippen LogP contribution in [0, 0.1) is 0 Å². The Labute approximate surface area is 136 Å². The van der Waals surface area contributed by atoms with Gasteiger partial charge in [-0.2, -0.15) is 13.2 Å². The molecule has 1 N–H and O–H groups in total. The summed E-state index contributed by atoms with van der Waals surface area (Å²) in [5, 5.41) is 9.86. The van der Waals surface area contributed by atoms with E-state index in [-0.39, 0.29) is 12.4 Å². The van der Waals surface area contributed by atoms with Crippen molar-refractivity contribution in [2.75, 3.05) is 12.4 Å².